The van der Waals surface area contributed by atoms with Crippen molar-refractivity contribution in [1.82, 2.24) is 9.80 Å². The normalized spacial score (nSPS) is 28.2. The lowest BCUT2D eigenvalue weighted by Gasteiger charge is -2.50. The summed E-state index contributed by atoms with van der Waals surface area (Å²) in [6.07, 6.45) is 2.58. The van der Waals surface area contributed by atoms with Gasteiger partial charge in [0.2, 0.25) is 5.78 Å². The van der Waals surface area contributed by atoms with E-state index >= 15 is 0 Å². The van der Waals surface area contributed by atoms with Crippen molar-refractivity contribution in [2.45, 2.75) is 57.7 Å². The summed E-state index contributed by atoms with van der Waals surface area (Å²) >= 11 is 0. The van der Waals surface area contributed by atoms with Crippen LogP contribution in [0.1, 0.15) is 49.8 Å². The van der Waals surface area contributed by atoms with Crippen molar-refractivity contribution in [1.29, 1.82) is 0 Å². The third-order valence-corrected chi connectivity index (χ3v) is 9.44. The number of carbonyl (C=O) groups excluding carboxylic acids is 3. The molecule has 0 spiro atoms. The quantitative estimate of drug-likeness (QED) is 0.303. The number of rotatable bonds is 7. The Hall–Kier alpha value is -3.41. The zero-order valence-electron chi connectivity index (χ0n) is 24.1. The minimum atomic E-state index is -2.64. The Morgan fingerprint density at radius 2 is 1.76 bits per heavy atom. The highest BCUT2D eigenvalue weighted by atomic mass is 16.3. The Morgan fingerprint density at radius 3 is 2.32 bits per heavy atom. The average Bonchev–Trinajstić information content (AvgIpc) is 3.41. The van der Waals surface area contributed by atoms with Crippen LogP contribution in [0.2, 0.25) is 0 Å². The minimum Gasteiger partial charge on any atom is -0.508 e. The van der Waals surface area contributed by atoms with Crippen LogP contribution in [0, 0.1) is 11.8 Å². The molecule has 1 saturated heterocycles. The number of likely N-dealkylation sites (tertiary alicyclic amines) is 1. The van der Waals surface area contributed by atoms with Crippen molar-refractivity contribution in [3.05, 3.63) is 39.7 Å². The number of anilines is 1. The van der Waals surface area contributed by atoms with Gasteiger partial charge in [0.25, 0.3) is 5.91 Å². The topological polar surface area (TPSA) is 168 Å². The molecule has 11 nitrogen and oxygen atoms in total. The number of fused-ring (bicyclic) bond motifs is 3. The summed E-state index contributed by atoms with van der Waals surface area (Å²) in [5.41, 5.74) is 4.51. The molecule has 1 amide bonds. The molecular formula is C30H40N4O7. The van der Waals surface area contributed by atoms with Crippen LogP contribution in [0.25, 0.3) is 5.76 Å². The number of amides is 1. The van der Waals surface area contributed by atoms with Crippen LogP contribution in [0.3, 0.4) is 0 Å². The Balaban J connectivity index is 1.72. The molecule has 222 valence electrons. The van der Waals surface area contributed by atoms with E-state index < -0.39 is 58.0 Å². The monoisotopic (exact) mass is 568 g/mol. The highest BCUT2D eigenvalue weighted by Gasteiger charge is 2.64. The van der Waals surface area contributed by atoms with Crippen LogP contribution in [-0.4, -0.2) is 99.6 Å². The van der Waals surface area contributed by atoms with E-state index in [1.807, 2.05) is 13.8 Å². The number of aliphatic hydroxyl groups excluding tert-OH is 2. The SMILES string of the molecule is CCN(CC)c1c(CN2CCCC2)cc(O)c2c1C[C@H]1C[C@H]3[C@H](N(C)C)C(=O)C(C(N)=O)=C(O)[C@@]3(O)C(=O)C1=C2O. The molecule has 11 heteroatoms. The highest BCUT2D eigenvalue weighted by molar-refractivity contribution is 6.24. The molecule has 2 fully saturated rings. The lowest BCUT2D eigenvalue weighted by Crippen LogP contribution is -2.65. The average molecular weight is 569 g/mol. The number of Topliss-reactive ketones (excluding diaryl/α,β-unsaturated/α-hetero) is 2. The first kappa shape index (κ1) is 29.1. The Labute approximate surface area is 239 Å². The summed E-state index contributed by atoms with van der Waals surface area (Å²) < 4.78 is 0. The molecule has 4 aliphatic rings. The summed E-state index contributed by atoms with van der Waals surface area (Å²) in [6.45, 7) is 8.03. The number of phenols is 1. The van der Waals surface area contributed by atoms with E-state index in [4.69, 9.17) is 5.73 Å². The first-order valence-electron chi connectivity index (χ1n) is 14.4. The zero-order valence-corrected chi connectivity index (χ0v) is 24.1. The van der Waals surface area contributed by atoms with Crippen molar-refractivity contribution in [2.24, 2.45) is 17.6 Å². The fourth-order valence-corrected chi connectivity index (χ4v) is 7.60. The van der Waals surface area contributed by atoms with Gasteiger partial charge >= 0.3 is 0 Å². The smallest absolute Gasteiger partial charge is 0.255 e. The summed E-state index contributed by atoms with van der Waals surface area (Å²) in [4.78, 5) is 45.6. The van der Waals surface area contributed by atoms with Gasteiger partial charge in [-0.3, -0.25) is 24.2 Å². The number of nitrogens with zero attached hydrogens (tertiary/aromatic N) is 3. The lowest BCUT2D eigenvalue weighted by atomic mass is 9.57. The number of hydrogen-bond donors (Lipinski definition) is 5. The minimum absolute atomic E-state index is 0.0700. The van der Waals surface area contributed by atoms with Gasteiger partial charge in [0.15, 0.2) is 11.4 Å². The standard InChI is InChI=1S/C30H40N4O7/c1-5-34(6-2)23-16(14-33-9-7-8-10-33)13-19(35)21-17(23)11-15-12-18-24(32(3)4)26(37)22(29(31)40)28(39)30(18,41)27(38)20(15)25(21)36/h13,15,18,24,35-36,39,41H,5-12,14H2,1-4H3,(H2,31,40)/t15-,18-,24-,30-/m0/s1. The Bertz CT molecular complexity index is 1370. The molecule has 1 aliphatic heterocycles. The Morgan fingerprint density at radius 1 is 1.12 bits per heavy atom. The van der Waals surface area contributed by atoms with Gasteiger partial charge in [0.05, 0.1) is 11.6 Å². The van der Waals surface area contributed by atoms with Crippen LogP contribution in [-0.2, 0) is 27.3 Å². The van der Waals surface area contributed by atoms with Gasteiger partial charge in [-0.2, -0.15) is 0 Å². The lowest BCUT2D eigenvalue weighted by molar-refractivity contribution is -0.153. The van der Waals surface area contributed by atoms with E-state index in [0.29, 0.717) is 25.2 Å². The Kier molecular flexibility index (Phi) is 7.42. The summed E-state index contributed by atoms with van der Waals surface area (Å²) in [7, 11) is 3.18. The van der Waals surface area contributed by atoms with Gasteiger partial charge in [0.1, 0.15) is 22.8 Å². The number of ketones is 2. The molecule has 1 heterocycles. The van der Waals surface area contributed by atoms with Crippen molar-refractivity contribution in [3.8, 4) is 5.75 Å². The van der Waals surface area contributed by atoms with Gasteiger partial charge in [-0.15, -0.1) is 0 Å². The van der Waals surface area contributed by atoms with E-state index in [0.717, 1.165) is 37.2 Å². The van der Waals surface area contributed by atoms with Crippen LogP contribution in [0.5, 0.6) is 5.75 Å². The van der Waals surface area contributed by atoms with Gasteiger partial charge in [-0.05, 0) is 89.8 Å². The molecule has 0 aromatic heterocycles. The zero-order chi connectivity index (χ0) is 30.0. The van der Waals surface area contributed by atoms with Gasteiger partial charge in [0, 0.05) is 36.8 Å². The molecule has 0 bridgehead atoms. The van der Waals surface area contributed by atoms with E-state index in [2.05, 4.69) is 9.80 Å². The molecular weight excluding hydrogens is 528 g/mol. The molecule has 1 aromatic rings. The second-order valence-corrected chi connectivity index (χ2v) is 11.9. The number of aliphatic hydroxyl groups is 3. The maximum Gasteiger partial charge on any atom is 0.255 e. The fourth-order valence-electron chi connectivity index (χ4n) is 7.60. The fraction of sp³-hybridized carbons (Fsp3) is 0.567. The van der Waals surface area contributed by atoms with E-state index in [1.165, 1.54) is 4.90 Å². The molecule has 1 aromatic carbocycles. The number of hydrogen-bond acceptors (Lipinski definition) is 10. The van der Waals surface area contributed by atoms with Gasteiger partial charge in [-0.25, -0.2) is 0 Å². The molecule has 4 atom stereocenters. The predicted octanol–water partition coefficient (Wildman–Crippen LogP) is 1.41. The number of aromatic hydroxyl groups is 1. The number of primary amides is 1. The molecule has 0 unspecified atom stereocenters. The number of phenolic OH excluding ortho intramolecular Hbond substituents is 1. The molecule has 0 radical (unpaired) electrons. The summed E-state index contributed by atoms with van der Waals surface area (Å²) in [5, 5.41) is 45.7. The first-order valence-corrected chi connectivity index (χ1v) is 14.4. The van der Waals surface area contributed by atoms with Crippen molar-refractivity contribution in [2.75, 3.05) is 45.2 Å². The largest absolute Gasteiger partial charge is 0.508 e. The maximum atomic E-state index is 14.1. The molecule has 41 heavy (non-hydrogen) atoms. The van der Waals surface area contributed by atoms with Gasteiger partial charge in [-0.1, -0.05) is 0 Å². The summed E-state index contributed by atoms with van der Waals surface area (Å²) in [6, 6.07) is 0.543. The van der Waals surface area contributed by atoms with Crippen LogP contribution >= 0.6 is 0 Å². The van der Waals surface area contributed by atoms with Crippen LogP contribution in [0.15, 0.2) is 23.0 Å². The second-order valence-electron chi connectivity index (χ2n) is 11.9. The number of likely N-dealkylation sites (N-methyl/N-ethyl adjacent to an activating group) is 1. The molecule has 1 saturated carbocycles. The van der Waals surface area contributed by atoms with Crippen molar-refractivity contribution in [3.63, 3.8) is 0 Å². The first-order chi connectivity index (χ1) is 19.4. The highest BCUT2D eigenvalue weighted by Crippen LogP contribution is 2.54. The summed E-state index contributed by atoms with van der Waals surface area (Å²) in [5.74, 6) is -6.41. The third kappa shape index (κ3) is 4.24. The molecule has 5 rings (SSSR count). The predicted molar refractivity (Wildman–Crippen MR) is 152 cm³/mol. The van der Waals surface area contributed by atoms with E-state index in [9.17, 15) is 34.8 Å². The van der Waals surface area contributed by atoms with Crippen LogP contribution in [0.4, 0.5) is 5.69 Å². The molecule has 3 aliphatic carbocycles. The maximum absolute atomic E-state index is 14.1. The number of benzene rings is 1. The molecule has 6 N–H and O–H groups in total. The van der Waals surface area contributed by atoms with Crippen LogP contribution < -0.4 is 10.6 Å². The van der Waals surface area contributed by atoms with Gasteiger partial charge < -0.3 is 31.1 Å². The third-order valence-electron chi connectivity index (χ3n) is 9.44. The number of nitrogens with two attached hydrogens (primary N) is 1. The second kappa shape index (κ2) is 10.5. The van der Waals surface area contributed by atoms with E-state index in [1.54, 1.807) is 20.2 Å². The van der Waals surface area contributed by atoms with E-state index in [-0.39, 0.29) is 29.7 Å². The number of carbonyl (C=O) groups is 3. The van der Waals surface area contributed by atoms with Crippen molar-refractivity contribution >= 4 is 28.9 Å². The van der Waals surface area contributed by atoms with Crippen molar-refractivity contribution < 1.29 is 34.8 Å².